The standard InChI is InChI=1S/C14H13N3OS/c15-10-12-2-4-13(5-3-12)18-8-1-9-19-14-6-7-16-11-17-14/h2-7,11H,1,8-9H2. The largest absolute Gasteiger partial charge is 0.494 e. The van der Waals surface area contributed by atoms with Crippen molar-refractivity contribution in [2.75, 3.05) is 12.4 Å². The van der Waals surface area contributed by atoms with E-state index in [4.69, 9.17) is 10.00 Å². The second kappa shape index (κ2) is 7.39. The Morgan fingerprint density at radius 3 is 2.74 bits per heavy atom. The summed E-state index contributed by atoms with van der Waals surface area (Å²) >= 11 is 1.69. The van der Waals surface area contributed by atoms with Crippen LogP contribution in [0.25, 0.3) is 0 Å². The number of thioether (sulfide) groups is 1. The highest BCUT2D eigenvalue weighted by Gasteiger charge is 1.97. The topological polar surface area (TPSA) is 58.8 Å². The van der Waals surface area contributed by atoms with Crippen LogP contribution in [0.2, 0.25) is 0 Å². The first-order valence-corrected chi connectivity index (χ1v) is 6.89. The molecule has 0 saturated heterocycles. The Labute approximate surface area is 116 Å². The SMILES string of the molecule is N#Cc1ccc(OCCCSc2ccncn2)cc1. The van der Waals surface area contributed by atoms with Crippen molar-refractivity contribution in [3.05, 3.63) is 48.4 Å². The van der Waals surface area contributed by atoms with Gasteiger partial charge in [-0.2, -0.15) is 5.26 Å². The molecule has 0 radical (unpaired) electrons. The van der Waals surface area contributed by atoms with E-state index in [1.807, 2.05) is 18.2 Å². The van der Waals surface area contributed by atoms with E-state index in [-0.39, 0.29) is 0 Å². The van der Waals surface area contributed by atoms with Crippen molar-refractivity contribution in [3.63, 3.8) is 0 Å². The minimum Gasteiger partial charge on any atom is -0.494 e. The second-order valence-corrected chi connectivity index (χ2v) is 4.85. The molecule has 1 aromatic carbocycles. The molecular formula is C14H13N3OS. The molecule has 0 aliphatic heterocycles. The summed E-state index contributed by atoms with van der Waals surface area (Å²) in [6, 6.07) is 11.1. The number of benzene rings is 1. The van der Waals surface area contributed by atoms with Crippen molar-refractivity contribution in [2.24, 2.45) is 0 Å². The number of rotatable bonds is 6. The summed E-state index contributed by atoms with van der Waals surface area (Å²) in [4.78, 5) is 8.01. The van der Waals surface area contributed by atoms with Gasteiger partial charge in [-0.1, -0.05) is 0 Å². The second-order valence-electron chi connectivity index (χ2n) is 3.73. The van der Waals surface area contributed by atoms with Crippen LogP contribution in [0, 0.1) is 11.3 Å². The van der Waals surface area contributed by atoms with Gasteiger partial charge in [-0.15, -0.1) is 11.8 Å². The molecule has 19 heavy (non-hydrogen) atoms. The summed E-state index contributed by atoms with van der Waals surface area (Å²) in [5, 5.41) is 9.66. The zero-order valence-electron chi connectivity index (χ0n) is 10.3. The van der Waals surface area contributed by atoms with Crippen LogP contribution in [-0.4, -0.2) is 22.3 Å². The maximum absolute atomic E-state index is 8.68. The smallest absolute Gasteiger partial charge is 0.119 e. The van der Waals surface area contributed by atoms with Gasteiger partial charge in [0.05, 0.1) is 23.3 Å². The minimum absolute atomic E-state index is 0.645. The maximum Gasteiger partial charge on any atom is 0.119 e. The molecule has 0 amide bonds. The lowest BCUT2D eigenvalue weighted by molar-refractivity contribution is 0.318. The van der Waals surface area contributed by atoms with E-state index in [0.717, 1.165) is 22.9 Å². The summed E-state index contributed by atoms with van der Waals surface area (Å²) in [5.74, 6) is 1.75. The fourth-order valence-electron chi connectivity index (χ4n) is 1.42. The highest BCUT2D eigenvalue weighted by atomic mass is 32.2. The molecule has 4 nitrogen and oxygen atoms in total. The molecule has 2 rings (SSSR count). The van der Waals surface area contributed by atoms with Crippen LogP contribution in [0.3, 0.4) is 0 Å². The van der Waals surface area contributed by atoms with Crippen molar-refractivity contribution in [2.45, 2.75) is 11.4 Å². The third-order valence-electron chi connectivity index (χ3n) is 2.35. The van der Waals surface area contributed by atoms with E-state index in [2.05, 4.69) is 16.0 Å². The van der Waals surface area contributed by atoms with Crippen molar-refractivity contribution in [1.82, 2.24) is 9.97 Å². The first-order chi connectivity index (χ1) is 9.38. The normalized spacial score (nSPS) is 9.84. The summed E-state index contributed by atoms with van der Waals surface area (Å²) in [6.45, 7) is 0.657. The third kappa shape index (κ3) is 4.60. The Kier molecular flexibility index (Phi) is 5.20. The number of nitriles is 1. The Morgan fingerprint density at radius 1 is 1.21 bits per heavy atom. The Bertz CT molecular complexity index is 537. The monoisotopic (exact) mass is 271 g/mol. The van der Waals surface area contributed by atoms with Gasteiger partial charge in [0, 0.05) is 11.9 Å². The average molecular weight is 271 g/mol. The predicted octanol–water partition coefficient (Wildman–Crippen LogP) is 2.91. The Morgan fingerprint density at radius 2 is 2.05 bits per heavy atom. The summed E-state index contributed by atoms with van der Waals surface area (Å²) in [6.07, 6.45) is 4.23. The maximum atomic E-state index is 8.68. The molecule has 0 atom stereocenters. The molecular weight excluding hydrogens is 258 g/mol. The lowest BCUT2D eigenvalue weighted by Crippen LogP contribution is -1.98. The zero-order valence-corrected chi connectivity index (χ0v) is 11.1. The van der Waals surface area contributed by atoms with Gasteiger partial charge >= 0.3 is 0 Å². The molecule has 0 bridgehead atoms. The fourth-order valence-corrected chi connectivity index (χ4v) is 2.17. The lowest BCUT2D eigenvalue weighted by atomic mass is 10.2. The summed E-state index contributed by atoms with van der Waals surface area (Å²) in [7, 11) is 0. The van der Waals surface area contributed by atoms with Crippen molar-refractivity contribution in [1.29, 1.82) is 5.26 Å². The quantitative estimate of drug-likeness (QED) is 0.459. The first-order valence-electron chi connectivity index (χ1n) is 5.90. The molecule has 5 heteroatoms. The van der Waals surface area contributed by atoms with Crippen molar-refractivity contribution in [3.8, 4) is 11.8 Å². The number of hydrogen-bond donors (Lipinski definition) is 0. The Balaban J connectivity index is 1.65. The van der Waals surface area contributed by atoms with Crippen LogP contribution >= 0.6 is 11.8 Å². The first kappa shape index (κ1) is 13.4. The fraction of sp³-hybridized carbons (Fsp3) is 0.214. The van der Waals surface area contributed by atoms with E-state index in [1.54, 1.807) is 36.4 Å². The molecule has 0 fully saturated rings. The zero-order chi connectivity index (χ0) is 13.3. The molecule has 96 valence electrons. The van der Waals surface area contributed by atoms with Crippen molar-refractivity contribution >= 4 is 11.8 Å². The lowest BCUT2D eigenvalue weighted by Gasteiger charge is -2.05. The summed E-state index contributed by atoms with van der Waals surface area (Å²) < 4.78 is 5.59. The van der Waals surface area contributed by atoms with E-state index in [9.17, 15) is 0 Å². The average Bonchev–Trinajstić information content (AvgIpc) is 2.49. The number of ether oxygens (including phenoxy) is 1. The molecule has 2 aromatic rings. The molecule has 1 heterocycles. The van der Waals surface area contributed by atoms with E-state index in [0.29, 0.717) is 12.2 Å². The molecule has 0 aliphatic rings. The van der Waals surface area contributed by atoms with Crippen LogP contribution in [0.1, 0.15) is 12.0 Å². The summed E-state index contributed by atoms with van der Waals surface area (Å²) in [5.41, 5.74) is 0.645. The molecule has 0 unspecified atom stereocenters. The van der Waals surface area contributed by atoms with Crippen LogP contribution in [0.5, 0.6) is 5.75 Å². The molecule has 0 aliphatic carbocycles. The van der Waals surface area contributed by atoms with Gasteiger partial charge in [0.25, 0.3) is 0 Å². The van der Waals surface area contributed by atoms with Crippen LogP contribution in [0.15, 0.2) is 47.9 Å². The van der Waals surface area contributed by atoms with E-state index >= 15 is 0 Å². The predicted molar refractivity (Wildman–Crippen MR) is 74.0 cm³/mol. The number of nitrogens with zero attached hydrogens (tertiary/aromatic N) is 3. The van der Waals surface area contributed by atoms with Gasteiger partial charge in [0.1, 0.15) is 12.1 Å². The number of aromatic nitrogens is 2. The van der Waals surface area contributed by atoms with Crippen LogP contribution in [-0.2, 0) is 0 Å². The highest BCUT2D eigenvalue weighted by molar-refractivity contribution is 7.99. The third-order valence-corrected chi connectivity index (χ3v) is 3.38. The van der Waals surface area contributed by atoms with Gasteiger partial charge in [-0.25, -0.2) is 9.97 Å². The van der Waals surface area contributed by atoms with E-state index < -0.39 is 0 Å². The number of hydrogen-bond acceptors (Lipinski definition) is 5. The minimum atomic E-state index is 0.645. The molecule has 0 spiro atoms. The van der Waals surface area contributed by atoms with Gasteiger partial charge in [-0.3, -0.25) is 0 Å². The van der Waals surface area contributed by atoms with Gasteiger partial charge < -0.3 is 4.74 Å². The van der Waals surface area contributed by atoms with Gasteiger partial charge in [0.15, 0.2) is 0 Å². The molecule has 1 aromatic heterocycles. The Hall–Kier alpha value is -2.06. The van der Waals surface area contributed by atoms with Gasteiger partial charge in [0.2, 0.25) is 0 Å². The molecule has 0 saturated carbocycles. The molecule has 0 N–H and O–H groups in total. The van der Waals surface area contributed by atoms with Gasteiger partial charge in [-0.05, 0) is 36.8 Å². The van der Waals surface area contributed by atoms with Crippen LogP contribution in [0.4, 0.5) is 0 Å². The van der Waals surface area contributed by atoms with Crippen LogP contribution < -0.4 is 4.74 Å². The van der Waals surface area contributed by atoms with Crippen molar-refractivity contribution < 1.29 is 4.74 Å². The highest BCUT2D eigenvalue weighted by Crippen LogP contribution is 2.15. The van der Waals surface area contributed by atoms with E-state index in [1.165, 1.54) is 0 Å².